The molecule has 4 heteroatoms. The van der Waals surface area contributed by atoms with Gasteiger partial charge in [0, 0.05) is 5.69 Å². The van der Waals surface area contributed by atoms with E-state index in [4.69, 9.17) is 5.73 Å². The summed E-state index contributed by atoms with van der Waals surface area (Å²) in [6.45, 7) is 0. The summed E-state index contributed by atoms with van der Waals surface area (Å²) < 4.78 is 0. The van der Waals surface area contributed by atoms with Crippen LogP contribution in [-0.2, 0) is 12.8 Å². The van der Waals surface area contributed by atoms with E-state index >= 15 is 0 Å². The quantitative estimate of drug-likeness (QED) is 0.660. The topological polar surface area (TPSA) is 70.5 Å². The summed E-state index contributed by atoms with van der Waals surface area (Å²) >= 11 is 0. The standard InChI is InChI=1S/C11H14N4/c12-8-6-13-15-11(8)10-5-7-3-1-2-4-9(7)14-10/h5-6,14H,1-4,12H2,(H,13,15). The molecule has 0 radical (unpaired) electrons. The molecule has 0 aromatic carbocycles. The van der Waals surface area contributed by atoms with E-state index in [1.165, 1.54) is 30.5 Å². The van der Waals surface area contributed by atoms with Gasteiger partial charge in [-0.25, -0.2) is 0 Å². The second kappa shape index (κ2) is 3.15. The molecule has 2 aromatic heterocycles. The van der Waals surface area contributed by atoms with Crippen LogP contribution in [0.5, 0.6) is 0 Å². The molecule has 0 spiro atoms. The number of aromatic nitrogens is 3. The number of hydrogen-bond donors (Lipinski definition) is 3. The zero-order valence-electron chi connectivity index (χ0n) is 8.51. The Morgan fingerprint density at radius 2 is 2.13 bits per heavy atom. The highest BCUT2D eigenvalue weighted by Gasteiger charge is 2.15. The van der Waals surface area contributed by atoms with Gasteiger partial charge in [0.1, 0.15) is 5.69 Å². The van der Waals surface area contributed by atoms with Crippen LogP contribution in [0.3, 0.4) is 0 Å². The van der Waals surface area contributed by atoms with Gasteiger partial charge in [0.15, 0.2) is 0 Å². The number of hydrogen-bond acceptors (Lipinski definition) is 2. The van der Waals surface area contributed by atoms with Gasteiger partial charge in [-0.2, -0.15) is 5.10 Å². The fourth-order valence-corrected chi connectivity index (χ4v) is 2.25. The molecule has 0 fully saturated rings. The lowest BCUT2D eigenvalue weighted by Gasteiger charge is -2.08. The van der Waals surface area contributed by atoms with Gasteiger partial charge in [-0.05, 0) is 37.3 Å². The number of rotatable bonds is 1. The molecule has 2 aromatic rings. The molecule has 4 nitrogen and oxygen atoms in total. The van der Waals surface area contributed by atoms with Crippen molar-refractivity contribution in [2.45, 2.75) is 25.7 Å². The van der Waals surface area contributed by atoms with Gasteiger partial charge in [0.2, 0.25) is 0 Å². The molecule has 0 atom stereocenters. The molecular formula is C11H14N4. The van der Waals surface area contributed by atoms with E-state index in [0.29, 0.717) is 5.69 Å². The first-order valence-corrected chi connectivity index (χ1v) is 5.34. The van der Waals surface area contributed by atoms with Gasteiger partial charge in [0.25, 0.3) is 0 Å². The summed E-state index contributed by atoms with van der Waals surface area (Å²) in [7, 11) is 0. The third-order valence-corrected chi connectivity index (χ3v) is 3.05. The summed E-state index contributed by atoms with van der Waals surface area (Å²) in [5.74, 6) is 0. The number of fused-ring (bicyclic) bond motifs is 1. The molecule has 0 bridgehead atoms. The molecule has 1 aliphatic rings. The highest BCUT2D eigenvalue weighted by Crippen LogP contribution is 2.28. The lowest BCUT2D eigenvalue weighted by atomic mass is 9.98. The van der Waals surface area contributed by atoms with Crippen molar-refractivity contribution in [3.8, 4) is 11.4 Å². The zero-order valence-corrected chi connectivity index (χ0v) is 8.51. The van der Waals surface area contributed by atoms with Crippen LogP contribution in [0.2, 0.25) is 0 Å². The Labute approximate surface area is 87.9 Å². The molecule has 0 saturated carbocycles. The summed E-state index contributed by atoms with van der Waals surface area (Å²) in [5.41, 5.74) is 11.3. The minimum Gasteiger partial charge on any atom is -0.396 e. The molecule has 1 aliphatic carbocycles. The summed E-state index contributed by atoms with van der Waals surface area (Å²) in [6, 6.07) is 2.19. The van der Waals surface area contributed by atoms with Crippen molar-refractivity contribution < 1.29 is 0 Å². The Morgan fingerprint density at radius 3 is 2.87 bits per heavy atom. The predicted octanol–water partition coefficient (Wildman–Crippen LogP) is 1.87. The third kappa shape index (κ3) is 1.33. The molecule has 2 heterocycles. The van der Waals surface area contributed by atoms with E-state index in [9.17, 15) is 0 Å². The van der Waals surface area contributed by atoms with Crippen LogP contribution >= 0.6 is 0 Å². The van der Waals surface area contributed by atoms with Gasteiger partial charge >= 0.3 is 0 Å². The molecule has 0 unspecified atom stereocenters. The molecular weight excluding hydrogens is 188 g/mol. The number of nitrogens with two attached hydrogens (primary N) is 1. The molecule has 78 valence electrons. The van der Waals surface area contributed by atoms with Crippen molar-refractivity contribution in [1.82, 2.24) is 15.2 Å². The van der Waals surface area contributed by atoms with Gasteiger partial charge in [-0.1, -0.05) is 0 Å². The fraction of sp³-hybridized carbons (Fsp3) is 0.364. The van der Waals surface area contributed by atoms with Crippen molar-refractivity contribution in [3.05, 3.63) is 23.5 Å². The van der Waals surface area contributed by atoms with Crippen LogP contribution in [0.4, 0.5) is 5.69 Å². The first kappa shape index (κ1) is 8.59. The SMILES string of the molecule is Nc1cn[nH]c1-c1cc2c([nH]1)CCCC2. The van der Waals surface area contributed by atoms with E-state index in [1.54, 1.807) is 6.20 Å². The summed E-state index contributed by atoms with van der Waals surface area (Å²) in [6.07, 6.45) is 6.56. The van der Waals surface area contributed by atoms with Crippen LogP contribution in [0.15, 0.2) is 12.3 Å². The normalized spacial score (nSPS) is 15.2. The van der Waals surface area contributed by atoms with Crippen molar-refractivity contribution >= 4 is 5.69 Å². The molecule has 0 saturated heterocycles. The third-order valence-electron chi connectivity index (χ3n) is 3.05. The average Bonchev–Trinajstić information content (AvgIpc) is 2.82. The van der Waals surface area contributed by atoms with Crippen LogP contribution in [-0.4, -0.2) is 15.2 Å². The van der Waals surface area contributed by atoms with Gasteiger partial charge < -0.3 is 10.7 Å². The monoisotopic (exact) mass is 202 g/mol. The average molecular weight is 202 g/mol. The van der Waals surface area contributed by atoms with Crippen molar-refractivity contribution in [2.75, 3.05) is 5.73 Å². The second-order valence-electron chi connectivity index (χ2n) is 4.09. The van der Waals surface area contributed by atoms with E-state index in [-0.39, 0.29) is 0 Å². The fourth-order valence-electron chi connectivity index (χ4n) is 2.25. The van der Waals surface area contributed by atoms with Crippen molar-refractivity contribution in [2.24, 2.45) is 0 Å². The summed E-state index contributed by atoms with van der Waals surface area (Å²) in [5, 5.41) is 6.86. The number of nitrogen functional groups attached to an aromatic ring is 1. The minimum absolute atomic E-state index is 0.702. The molecule has 0 amide bonds. The van der Waals surface area contributed by atoms with Crippen LogP contribution in [0.1, 0.15) is 24.1 Å². The first-order valence-electron chi connectivity index (χ1n) is 5.34. The highest BCUT2D eigenvalue weighted by molar-refractivity contribution is 5.70. The maximum atomic E-state index is 5.82. The van der Waals surface area contributed by atoms with Gasteiger partial charge in [-0.15, -0.1) is 0 Å². The van der Waals surface area contributed by atoms with Crippen LogP contribution in [0.25, 0.3) is 11.4 Å². The Bertz CT molecular complexity index is 457. The Balaban J connectivity index is 2.06. The van der Waals surface area contributed by atoms with E-state index in [2.05, 4.69) is 21.2 Å². The first-order chi connectivity index (χ1) is 7.34. The minimum atomic E-state index is 0.702. The maximum Gasteiger partial charge on any atom is 0.104 e. The summed E-state index contributed by atoms with van der Waals surface area (Å²) in [4.78, 5) is 3.43. The lowest BCUT2D eigenvalue weighted by molar-refractivity contribution is 0.677. The van der Waals surface area contributed by atoms with E-state index < -0.39 is 0 Å². The Morgan fingerprint density at radius 1 is 1.27 bits per heavy atom. The van der Waals surface area contributed by atoms with Crippen molar-refractivity contribution in [1.29, 1.82) is 0 Å². The van der Waals surface area contributed by atoms with Crippen molar-refractivity contribution in [3.63, 3.8) is 0 Å². The highest BCUT2D eigenvalue weighted by atomic mass is 15.1. The number of aryl methyl sites for hydroxylation is 2. The number of aromatic amines is 2. The van der Waals surface area contributed by atoms with Crippen LogP contribution < -0.4 is 5.73 Å². The molecule has 15 heavy (non-hydrogen) atoms. The predicted molar refractivity (Wildman–Crippen MR) is 59.4 cm³/mol. The zero-order chi connectivity index (χ0) is 10.3. The number of H-pyrrole nitrogens is 2. The van der Waals surface area contributed by atoms with Gasteiger partial charge in [0.05, 0.1) is 17.6 Å². The maximum absolute atomic E-state index is 5.82. The smallest absolute Gasteiger partial charge is 0.104 e. The molecule has 4 N–H and O–H groups in total. The van der Waals surface area contributed by atoms with Gasteiger partial charge in [-0.3, -0.25) is 5.10 Å². The van der Waals surface area contributed by atoms with Crippen LogP contribution in [0, 0.1) is 0 Å². The number of nitrogens with zero attached hydrogens (tertiary/aromatic N) is 1. The second-order valence-corrected chi connectivity index (χ2v) is 4.09. The lowest BCUT2D eigenvalue weighted by Crippen LogP contribution is -1.99. The molecule has 3 rings (SSSR count). The number of nitrogens with one attached hydrogen (secondary N) is 2. The number of anilines is 1. The Kier molecular flexibility index (Phi) is 1.80. The molecule has 0 aliphatic heterocycles. The van der Waals surface area contributed by atoms with E-state index in [0.717, 1.165) is 17.8 Å². The van der Waals surface area contributed by atoms with E-state index in [1.807, 2.05) is 0 Å². The largest absolute Gasteiger partial charge is 0.396 e. The Hall–Kier alpha value is -1.71.